The summed E-state index contributed by atoms with van der Waals surface area (Å²) in [5, 5.41) is 8.14. The Balaban J connectivity index is 2.44. The molecule has 0 aliphatic rings. The Morgan fingerprint density at radius 2 is 2.07 bits per heavy atom. The van der Waals surface area contributed by atoms with E-state index in [0.29, 0.717) is 16.6 Å². The fourth-order valence-electron chi connectivity index (χ4n) is 1.30. The molecule has 3 nitrogen and oxygen atoms in total. The van der Waals surface area contributed by atoms with Gasteiger partial charge < -0.3 is 5.73 Å². The highest BCUT2D eigenvalue weighted by Gasteiger charge is 2.07. The molecule has 0 radical (unpaired) electrons. The van der Waals surface area contributed by atoms with Crippen molar-refractivity contribution in [2.75, 3.05) is 0 Å². The number of hydrogen-bond acceptors (Lipinski definition) is 2. The summed E-state index contributed by atoms with van der Waals surface area (Å²) < 4.78 is 0. The first-order valence-electron chi connectivity index (χ1n) is 4.40. The molecule has 0 aliphatic heterocycles. The third-order valence-corrected chi connectivity index (χ3v) is 2.61. The van der Waals surface area contributed by atoms with Gasteiger partial charge in [-0.15, -0.1) is 0 Å². The van der Waals surface area contributed by atoms with E-state index in [2.05, 4.69) is 10.2 Å². The summed E-state index contributed by atoms with van der Waals surface area (Å²) in [6.45, 7) is 0.429. The summed E-state index contributed by atoms with van der Waals surface area (Å²) in [7, 11) is 0. The molecule has 2 rings (SSSR count). The molecule has 0 atom stereocenters. The molecule has 0 amide bonds. The van der Waals surface area contributed by atoms with Gasteiger partial charge in [-0.25, -0.2) is 0 Å². The van der Waals surface area contributed by atoms with Crippen molar-refractivity contribution < 1.29 is 0 Å². The molecule has 0 aliphatic carbocycles. The van der Waals surface area contributed by atoms with E-state index in [9.17, 15) is 0 Å². The first kappa shape index (κ1) is 10.5. The van der Waals surface area contributed by atoms with Crippen LogP contribution in [0.3, 0.4) is 0 Å². The molecule has 1 aromatic heterocycles. The maximum atomic E-state index is 6.05. The van der Waals surface area contributed by atoms with Gasteiger partial charge in [-0.05, 0) is 24.3 Å². The predicted molar refractivity (Wildman–Crippen MR) is 61.9 cm³/mol. The number of aromatic amines is 1. The van der Waals surface area contributed by atoms with Gasteiger partial charge in [0.2, 0.25) is 0 Å². The average Bonchev–Trinajstić information content (AvgIpc) is 2.66. The Hall–Kier alpha value is -1.03. The number of halogens is 2. The van der Waals surface area contributed by atoms with Gasteiger partial charge in [0.1, 0.15) is 0 Å². The van der Waals surface area contributed by atoms with Crippen LogP contribution in [0.1, 0.15) is 5.69 Å². The zero-order valence-electron chi connectivity index (χ0n) is 7.80. The summed E-state index contributed by atoms with van der Waals surface area (Å²) >= 11 is 11.9. The van der Waals surface area contributed by atoms with Gasteiger partial charge in [0.25, 0.3) is 0 Å². The molecule has 5 heteroatoms. The van der Waals surface area contributed by atoms with E-state index < -0.39 is 0 Å². The van der Waals surface area contributed by atoms with Gasteiger partial charge >= 0.3 is 0 Å². The van der Waals surface area contributed by atoms with Crippen molar-refractivity contribution in [1.29, 1.82) is 0 Å². The van der Waals surface area contributed by atoms with E-state index in [0.717, 1.165) is 17.0 Å². The molecule has 1 aromatic carbocycles. The Morgan fingerprint density at radius 1 is 1.27 bits per heavy atom. The quantitative estimate of drug-likeness (QED) is 0.850. The molecule has 0 saturated heterocycles. The second-order valence-corrected chi connectivity index (χ2v) is 3.95. The standard InChI is InChI=1S/C10H9Cl2N3/c11-6-1-2-8(9(12)3-6)10-4-7(5-13)14-15-10/h1-4H,5,13H2,(H,14,15). The van der Waals surface area contributed by atoms with Crippen molar-refractivity contribution in [2.45, 2.75) is 6.54 Å². The fraction of sp³-hybridized carbons (Fsp3) is 0.100. The lowest BCUT2D eigenvalue weighted by Gasteiger charge is -1.99. The van der Waals surface area contributed by atoms with Gasteiger partial charge in [0.15, 0.2) is 0 Å². The van der Waals surface area contributed by atoms with Crippen LogP contribution >= 0.6 is 23.2 Å². The summed E-state index contributed by atoms with van der Waals surface area (Å²) in [4.78, 5) is 0. The molecule has 0 fully saturated rings. The van der Waals surface area contributed by atoms with Crippen molar-refractivity contribution in [3.05, 3.63) is 40.0 Å². The van der Waals surface area contributed by atoms with E-state index in [1.807, 2.05) is 12.1 Å². The molecule has 0 saturated carbocycles. The molecular formula is C10H9Cl2N3. The molecular weight excluding hydrogens is 233 g/mol. The number of nitrogens with zero attached hydrogens (tertiary/aromatic N) is 1. The van der Waals surface area contributed by atoms with E-state index in [-0.39, 0.29) is 0 Å². The van der Waals surface area contributed by atoms with Crippen LogP contribution in [0, 0.1) is 0 Å². The fourth-order valence-corrected chi connectivity index (χ4v) is 1.81. The number of rotatable bonds is 2. The largest absolute Gasteiger partial charge is 0.325 e. The molecule has 78 valence electrons. The van der Waals surface area contributed by atoms with Gasteiger partial charge in [0.05, 0.1) is 10.7 Å². The molecule has 2 aromatic rings. The summed E-state index contributed by atoms with van der Waals surface area (Å²) in [6.07, 6.45) is 0. The van der Waals surface area contributed by atoms with Crippen LogP contribution < -0.4 is 5.73 Å². The molecule has 0 spiro atoms. The van der Waals surface area contributed by atoms with Crippen molar-refractivity contribution in [1.82, 2.24) is 10.2 Å². The van der Waals surface area contributed by atoms with E-state index in [4.69, 9.17) is 28.9 Å². The second kappa shape index (κ2) is 4.23. The highest BCUT2D eigenvalue weighted by Crippen LogP contribution is 2.29. The Morgan fingerprint density at radius 3 is 2.67 bits per heavy atom. The monoisotopic (exact) mass is 241 g/mol. The maximum Gasteiger partial charge on any atom is 0.0939 e. The van der Waals surface area contributed by atoms with Gasteiger partial charge in [-0.1, -0.05) is 23.2 Å². The summed E-state index contributed by atoms with van der Waals surface area (Å²) in [5.74, 6) is 0. The number of nitrogens with one attached hydrogen (secondary N) is 1. The molecule has 0 bridgehead atoms. The van der Waals surface area contributed by atoms with Gasteiger partial charge in [0, 0.05) is 22.8 Å². The van der Waals surface area contributed by atoms with E-state index >= 15 is 0 Å². The zero-order valence-corrected chi connectivity index (χ0v) is 9.31. The highest BCUT2D eigenvalue weighted by molar-refractivity contribution is 6.36. The first-order chi connectivity index (χ1) is 7.20. The predicted octanol–water partition coefficient (Wildman–Crippen LogP) is 2.84. The third kappa shape index (κ3) is 2.15. The van der Waals surface area contributed by atoms with E-state index in [1.165, 1.54) is 0 Å². The topological polar surface area (TPSA) is 54.7 Å². The average molecular weight is 242 g/mol. The minimum absolute atomic E-state index is 0.429. The van der Waals surface area contributed by atoms with Crippen LogP contribution in [0.5, 0.6) is 0 Å². The molecule has 15 heavy (non-hydrogen) atoms. The van der Waals surface area contributed by atoms with Crippen LogP contribution in [-0.4, -0.2) is 10.2 Å². The Bertz CT molecular complexity index is 479. The number of aromatic nitrogens is 2. The lowest BCUT2D eigenvalue weighted by molar-refractivity contribution is 0.948. The maximum absolute atomic E-state index is 6.05. The van der Waals surface area contributed by atoms with Gasteiger partial charge in [-0.2, -0.15) is 5.10 Å². The number of hydrogen-bond donors (Lipinski definition) is 2. The summed E-state index contributed by atoms with van der Waals surface area (Å²) in [6, 6.07) is 7.17. The second-order valence-electron chi connectivity index (χ2n) is 3.11. The number of nitrogens with two attached hydrogens (primary N) is 1. The number of benzene rings is 1. The first-order valence-corrected chi connectivity index (χ1v) is 5.16. The normalized spacial score (nSPS) is 10.6. The smallest absolute Gasteiger partial charge is 0.0939 e. The minimum atomic E-state index is 0.429. The summed E-state index contributed by atoms with van der Waals surface area (Å²) in [5.41, 5.74) is 7.97. The molecule has 3 N–H and O–H groups in total. The van der Waals surface area contributed by atoms with Crippen molar-refractivity contribution >= 4 is 23.2 Å². The van der Waals surface area contributed by atoms with Crippen LogP contribution in [0.2, 0.25) is 10.0 Å². The van der Waals surface area contributed by atoms with Crippen molar-refractivity contribution in [2.24, 2.45) is 5.73 Å². The zero-order chi connectivity index (χ0) is 10.8. The van der Waals surface area contributed by atoms with Crippen LogP contribution in [0.25, 0.3) is 11.3 Å². The SMILES string of the molecule is NCc1cc(-c2ccc(Cl)cc2Cl)n[nH]1. The van der Waals surface area contributed by atoms with Crippen LogP contribution in [-0.2, 0) is 6.54 Å². The Kier molecular flexibility index (Phi) is 2.95. The van der Waals surface area contributed by atoms with Crippen LogP contribution in [0.4, 0.5) is 0 Å². The molecule has 0 unspecified atom stereocenters. The third-order valence-electron chi connectivity index (χ3n) is 2.06. The van der Waals surface area contributed by atoms with Crippen molar-refractivity contribution in [3.8, 4) is 11.3 Å². The van der Waals surface area contributed by atoms with Gasteiger partial charge in [-0.3, -0.25) is 5.10 Å². The number of H-pyrrole nitrogens is 1. The minimum Gasteiger partial charge on any atom is -0.325 e. The molecule has 1 heterocycles. The Labute approximate surface area is 97.2 Å². The lowest BCUT2D eigenvalue weighted by atomic mass is 10.1. The van der Waals surface area contributed by atoms with E-state index in [1.54, 1.807) is 12.1 Å². The lowest BCUT2D eigenvalue weighted by Crippen LogP contribution is -1.95. The van der Waals surface area contributed by atoms with Crippen molar-refractivity contribution in [3.63, 3.8) is 0 Å². The van der Waals surface area contributed by atoms with Crippen LogP contribution in [0.15, 0.2) is 24.3 Å². The highest BCUT2D eigenvalue weighted by atomic mass is 35.5.